The molecular formula is C14H18N4O2S2. The molecule has 2 atom stereocenters. The van der Waals surface area contributed by atoms with E-state index in [0.29, 0.717) is 5.13 Å². The number of aliphatic hydroxyl groups is 1. The highest BCUT2D eigenvalue weighted by molar-refractivity contribution is 7.19. The van der Waals surface area contributed by atoms with Gasteiger partial charge in [-0.15, -0.1) is 10.2 Å². The lowest BCUT2D eigenvalue weighted by molar-refractivity contribution is 0.156. The van der Waals surface area contributed by atoms with Crippen LogP contribution in [0, 0.1) is 5.92 Å². The molecule has 0 radical (unpaired) electrons. The Labute approximate surface area is 136 Å². The van der Waals surface area contributed by atoms with Crippen molar-refractivity contribution >= 4 is 33.8 Å². The molecule has 0 aliphatic heterocycles. The summed E-state index contributed by atoms with van der Waals surface area (Å²) in [5, 5.41) is 28.4. The molecule has 1 saturated carbocycles. The van der Waals surface area contributed by atoms with Crippen molar-refractivity contribution in [3.8, 4) is 10.6 Å². The van der Waals surface area contributed by atoms with Crippen LogP contribution in [0.15, 0.2) is 16.8 Å². The molecule has 0 aromatic carbocycles. The molecule has 1 aliphatic carbocycles. The molecule has 2 heterocycles. The summed E-state index contributed by atoms with van der Waals surface area (Å²) in [7, 11) is 0. The summed E-state index contributed by atoms with van der Waals surface area (Å²) in [5.74, 6) is 0.148. The largest absolute Gasteiger partial charge is 0.396 e. The fourth-order valence-electron chi connectivity index (χ4n) is 2.69. The summed E-state index contributed by atoms with van der Waals surface area (Å²) in [6, 6.07) is 1.73. The number of nitrogens with zero attached hydrogens (tertiary/aromatic N) is 2. The predicted octanol–water partition coefficient (Wildman–Crippen LogP) is 2.94. The predicted molar refractivity (Wildman–Crippen MR) is 88.2 cm³/mol. The Morgan fingerprint density at radius 3 is 3.00 bits per heavy atom. The van der Waals surface area contributed by atoms with Gasteiger partial charge in [-0.3, -0.25) is 5.32 Å². The molecule has 8 heteroatoms. The lowest BCUT2D eigenvalue weighted by Crippen LogP contribution is -2.45. The average molecular weight is 338 g/mol. The van der Waals surface area contributed by atoms with Crippen molar-refractivity contribution in [1.82, 2.24) is 15.5 Å². The van der Waals surface area contributed by atoms with Gasteiger partial charge in [0, 0.05) is 29.5 Å². The Bertz CT molecular complexity index is 614. The first-order valence-corrected chi connectivity index (χ1v) is 9.06. The fourth-order valence-corrected chi connectivity index (χ4v) is 4.14. The van der Waals surface area contributed by atoms with Crippen LogP contribution >= 0.6 is 22.7 Å². The molecule has 6 nitrogen and oxygen atoms in total. The van der Waals surface area contributed by atoms with Gasteiger partial charge in [-0.1, -0.05) is 24.2 Å². The van der Waals surface area contributed by atoms with Gasteiger partial charge in [0.15, 0.2) is 0 Å². The smallest absolute Gasteiger partial charge is 0.321 e. The van der Waals surface area contributed by atoms with Gasteiger partial charge in [0.25, 0.3) is 0 Å². The van der Waals surface area contributed by atoms with Crippen molar-refractivity contribution < 1.29 is 9.90 Å². The van der Waals surface area contributed by atoms with E-state index in [1.165, 1.54) is 11.3 Å². The van der Waals surface area contributed by atoms with Crippen molar-refractivity contribution in [3.05, 3.63) is 16.8 Å². The molecule has 2 aromatic heterocycles. The van der Waals surface area contributed by atoms with Crippen LogP contribution in [-0.4, -0.2) is 34.0 Å². The molecule has 0 unspecified atom stereocenters. The van der Waals surface area contributed by atoms with Crippen LogP contribution in [0.1, 0.15) is 25.7 Å². The Morgan fingerprint density at radius 2 is 2.23 bits per heavy atom. The van der Waals surface area contributed by atoms with E-state index in [-0.39, 0.29) is 24.6 Å². The number of thiophene rings is 1. The number of hydrogen-bond acceptors (Lipinski definition) is 6. The molecule has 2 aromatic rings. The second-order valence-electron chi connectivity index (χ2n) is 5.36. The van der Waals surface area contributed by atoms with E-state index in [2.05, 4.69) is 20.8 Å². The average Bonchev–Trinajstić information content (AvgIpc) is 3.18. The number of carbonyl (C=O) groups excluding carboxylic acids is 1. The number of aliphatic hydroxyl groups excluding tert-OH is 1. The van der Waals surface area contributed by atoms with Crippen LogP contribution in [0.3, 0.4) is 0 Å². The number of hydrogen-bond donors (Lipinski definition) is 3. The van der Waals surface area contributed by atoms with Crippen LogP contribution in [0.2, 0.25) is 0 Å². The zero-order chi connectivity index (χ0) is 15.4. The van der Waals surface area contributed by atoms with Crippen molar-refractivity contribution in [2.45, 2.75) is 31.7 Å². The van der Waals surface area contributed by atoms with Crippen molar-refractivity contribution in [2.24, 2.45) is 5.92 Å². The Balaban J connectivity index is 1.57. The Hall–Kier alpha value is -1.51. The molecule has 3 rings (SSSR count). The van der Waals surface area contributed by atoms with E-state index in [9.17, 15) is 9.90 Å². The lowest BCUT2D eigenvalue weighted by Gasteiger charge is -2.30. The summed E-state index contributed by atoms with van der Waals surface area (Å²) in [5.41, 5.74) is 1.02. The minimum atomic E-state index is -0.279. The first-order chi connectivity index (χ1) is 10.8. The van der Waals surface area contributed by atoms with Crippen LogP contribution in [0.5, 0.6) is 0 Å². The van der Waals surface area contributed by atoms with Gasteiger partial charge in [0.05, 0.1) is 0 Å². The SMILES string of the molecule is O=C(Nc1nnc(-c2ccsc2)s1)N[C@@H]1CCCC[C@H]1CO. The monoisotopic (exact) mass is 338 g/mol. The maximum atomic E-state index is 12.1. The van der Waals surface area contributed by atoms with Crippen LogP contribution in [-0.2, 0) is 0 Å². The summed E-state index contributed by atoms with van der Waals surface area (Å²) >= 11 is 2.95. The number of rotatable bonds is 4. The van der Waals surface area contributed by atoms with E-state index in [4.69, 9.17) is 0 Å². The van der Waals surface area contributed by atoms with Gasteiger partial charge < -0.3 is 10.4 Å². The van der Waals surface area contributed by atoms with E-state index < -0.39 is 0 Å². The molecular weight excluding hydrogens is 320 g/mol. The molecule has 2 amide bonds. The van der Waals surface area contributed by atoms with Crippen LogP contribution in [0.25, 0.3) is 10.6 Å². The van der Waals surface area contributed by atoms with Gasteiger partial charge in [-0.25, -0.2) is 4.79 Å². The standard InChI is InChI=1S/C14H18N4O2S2/c19-7-9-3-1-2-4-11(9)15-13(20)16-14-18-17-12(22-14)10-5-6-21-8-10/h5-6,8-9,11,19H,1-4,7H2,(H2,15,16,18,20)/t9-,11+/m0/s1. The number of urea groups is 1. The normalized spacial score (nSPS) is 21.5. The van der Waals surface area contributed by atoms with Crippen molar-refractivity contribution in [1.29, 1.82) is 0 Å². The third-order valence-electron chi connectivity index (χ3n) is 3.87. The number of aromatic nitrogens is 2. The van der Waals surface area contributed by atoms with E-state index >= 15 is 0 Å². The molecule has 0 spiro atoms. The maximum absolute atomic E-state index is 12.1. The molecule has 0 bridgehead atoms. The van der Waals surface area contributed by atoms with Crippen LogP contribution < -0.4 is 10.6 Å². The molecule has 1 fully saturated rings. The number of carbonyl (C=O) groups is 1. The summed E-state index contributed by atoms with van der Waals surface area (Å²) < 4.78 is 0. The minimum Gasteiger partial charge on any atom is -0.396 e. The first-order valence-electron chi connectivity index (χ1n) is 7.30. The van der Waals surface area contributed by atoms with Crippen molar-refractivity contribution in [2.75, 3.05) is 11.9 Å². The highest BCUT2D eigenvalue weighted by Crippen LogP contribution is 2.28. The third kappa shape index (κ3) is 3.63. The van der Waals surface area contributed by atoms with Crippen molar-refractivity contribution in [3.63, 3.8) is 0 Å². The summed E-state index contributed by atoms with van der Waals surface area (Å²) in [4.78, 5) is 12.1. The van der Waals surface area contributed by atoms with Gasteiger partial charge >= 0.3 is 6.03 Å². The van der Waals surface area contributed by atoms with Gasteiger partial charge in [0.2, 0.25) is 5.13 Å². The van der Waals surface area contributed by atoms with Gasteiger partial charge in [0.1, 0.15) is 5.01 Å². The van der Waals surface area contributed by atoms with Crippen LogP contribution in [0.4, 0.5) is 9.93 Å². The molecule has 0 saturated heterocycles. The topological polar surface area (TPSA) is 87.1 Å². The Kier molecular flexibility index (Phi) is 5.01. The quantitative estimate of drug-likeness (QED) is 0.800. The zero-order valence-corrected chi connectivity index (χ0v) is 13.6. The highest BCUT2D eigenvalue weighted by Gasteiger charge is 2.26. The molecule has 1 aliphatic rings. The van der Waals surface area contributed by atoms with E-state index in [1.54, 1.807) is 11.3 Å². The highest BCUT2D eigenvalue weighted by atomic mass is 32.1. The molecule has 3 N–H and O–H groups in total. The van der Waals surface area contributed by atoms with Gasteiger partial charge in [-0.05, 0) is 24.3 Å². The fraction of sp³-hybridized carbons (Fsp3) is 0.500. The zero-order valence-electron chi connectivity index (χ0n) is 12.0. The third-order valence-corrected chi connectivity index (χ3v) is 5.44. The lowest BCUT2D eigenvalue weighted by atomic mass is 9.85. The molecule has 22 heavy (non-hydrogen) atoms. The van der Waals surface area contributed by atoms with Gasteiger partial charge in [-0.2, -0.15) is 11.3 Å². The Morgan fingerprint density at radius 1 is 1.36 bits per heavy atom. The van der Waals surface area contributed by atoms with E-state index in [0.717, 1.165) is 36.3 Å². The summed E-state index contributed by atoms with van der Waals surface area (Å²) in [6.07, 6.45) is 4.07. The second kappa shape index (κ2) is 7.17. The maximum Gasteiger partial charge on any atom is 0.321 e. The summed E-state index contributed by atoms with van der Waals surface area (Å²) in [6.45, 7) is 0.117. The number of anilines is 1. The minimum absolute atomic E-state index is 0.0306. The second-order valence-corrected chi connectivity index (χ2v) is 7.11. The van der Waals surface area contributed by atoms with E-state index in [1.807, 2.05) is 16.8 Å². The number of nitrogens with one attached hydrogen (secondary N) is 2. The first kappa shape index (κ1) is 15.4. The molecule has 118 valence electrons. The number of amides is 2.